The fourth-order valence-corrected chi connectivity index (χ4v) is 3.68. The van der Waals surface area contributed by atoms with Crippen molar-refractivity contribution in [2.24, 2.45) is 5.16 Å². The number of aromatic amines is 1. The van der Waals surface area contributed by atoms with Crippen LogP contribution in [0.25, 0.3) is 0 Å². The number of nitrogens with one attached hydrogen (secondary N) is 2. The Labute approximate surface area is 172 Å². The van der Waals surface area contributed by atoms with Crippen molar-refractivity contribution in [1.29, 1.82) is 0 Å². The summed E-state index contributed by atoms with van der Waals surface area (Å²) in [4.78, 5) is 47.4. The molecule has 1 aliphatic heterocycles. The molecule has 0 unspecified atom stereocenters. The number of nitrogen functional groups attached to an aromatic ring is 1. The number of rotatable bonds is 7. The van der Waals surface area contributed by atoms with E-state index < -0.39 is 35.5 Å². The lowest BCUT2D eigenvalue weighted by Crippen LogP contribution is -2.70. The molecule has 158 valence electrons. The summed E-state index contributed by atoms with van der Waals surface area (Å²) in [6, 6.07) is -1.31. The number of nitrogens with zero attached hydrogens (tertiary/aromatic N) is 6. The van der Waals surface area contributed by atoms with Crippen LogP contribution >= 0.6 is 11.3 Å². The highest BCUT2D eigenvalue weighted by molar-refractivity contribution is 7.13. The molecule has 1 aliphatic carbocycles. The molecule has 0 bridgehead atoms. The van der Waals surface area contributed by atoms with Gasteiger partial charge in [0.15, 0.2) is 10.8 Å². The normalized spacial score (nSPS) is 22.8. The average Bonchev–Trinajstić information content (AvgIpc) is 3.33. The maximum absolute atomic E-state index is 12.9. The Bertz CT molecular complexity index is 1020. The summed E-state index contributed by atoms with van der Waals surface area (Å²) < 4.78 is 0. The predicted molar refractivity (Wildman–Crippen MR) is 101 cm³/mol. The van der Waals surface area contributed by atoms with Gasteiger partial charge in [0.25, 0.3) is 17.8 Å². The summed E-state index contributed by atoms with van der Waals surface area (Å²) in [7, 11) is 0. The van der Waals surface area contributed by atoms with Crippen molar-refractivity contribution in [3.8, 4) is 0 Å². The molecule has 2 fully saturated rings. The zero-order valence-corrected chi connectivity index (χ0v) is 16.4. The van der Waals surface area contributed by atoms with Crippen LogP contribution in [0.15, 0.2) is 10.5 Å². The number of aliphatic carboxylic acids is 1. The van der Waals surface area contributed by atoms with E-state index in [2.05, 4.69) is 36.1 Å². The summed E-state index contributed by atoms with van der Waals surface area (Å²) >= 11 is 1.08. The number of hydrogen-bond acceptors (Lipinski definition) is 11. The number of carboxylic acids is 1. The number of amides is 2. The molecule has 5 N–H and O–H groups in total. The van der Waals surface area contributed by atoms with Crippen LogP contribution < -0.4 is 16.0 Å². The van der Waals surface area contributed by atoms with Crippen LogP contribution in [0.5, 0.6) is 0 Å². The molecule has 30 heavy (non-hydrogen) atoms. The summed E-state index contributed by atoms with van der Waals surface area (Å²) in [5.74, 6) is -2.25. The minimum Gasteiger partial charge on any atom is -0.478 e. The third-order valence-electron chi connectivity index (χ3n) is 5.07. The van der Waals surface area contributed by atoms with Gasteiger partial charge in [-0.3, -0.25) is 14.5 Å². The number of H-pyrrole nitrogens is 1. The predicted octanol–water partition coefficient (Wildman–Crippen LogP) is -1.11. The number of oxime groups is 1. The lowest BCUT2D eigenvalue weighted by Gasteiger charge is -2.42. The van der Waals surface area contributed by atoms with Crippen LogP contribution in [-0.4, -0.2) is 71.9 Å². The zero-order valence-electron chi connectivity index (χ0n) is 15.6. The van der Waals surface area contributed by atoms with Crippen LogP contribution in [0.4, 0.5) is 11.1 Å². The van der Waals surface area contributed by atoms with E-state index in [4.69, 9.17) is 10.6 Å². The third-order valence-corrected chi connectivity index (χ3v) is 5.75. The molecule has 14 nitrogen and oxygen atoms in total. The summed E-state index contributed by atoms with van der Waals surface area (Å²) in [6.07, 6.45) is 1.22. The second-order valence-corrected chi connectivity index (χ2v) is 7.76. The molecule has 2 aromatic heterocycles. The molecule has 2 aromatic rings. The summed E-state index contributed by atoms with van der Waals surface area (Å²) in [6.45, 7) is 1.70. The largest absolute Gasteiger partial charge is 0.478 e. The van der Waals surface area contributed by atoms with Crippen LogP contribution in [0.3, 0.4) is 0 Å². The van der Waals surface area contributed by atoms with Crippen molar-refractivity contribution >= 4 is 45.9 Å². The molecular weight excluding hydrogens is 418 g/mol. The zero-order chi connectivity index (χ0) is 21.5. The molecule has 1 saturated carbocycles. The van der Waals surface area contributed by atoms with Crippen molar-refractivity contribution in [3.05, 3.63) is 11.1 Å². The monoisotopic (exact) mass is 435 g/mol. The van der Waals surface area contributed by atoms with E-state index in [0.717, 1.165) is 11.3 Å². The number of hydrogen-bond donors (Lipinski definition) is 4. The first kappa shape index (κ1) is 19.7. The van der Waals surface area contributed by atoms with Gasteiger partial charge in [-0.25, -0.2) is 9.78 Å². The lowest BCUT2D eigenvalue weighted by molar-refractivity contribution is -0.178. The minimum atomic E-state index is -1.47. The number of tetrazole rings is 1. The Morgan fingerprint density at radius 3 is 2.77 bits per heavy atom. The molecule has 15 heteroatoms. The average molecular weight is 435 g/mol. The van der Waals surface area contributed by atoms with Crippen molar-refractivity contribution in [2.45, 2.75) is 43.9 Å². The van der Waals surface area contributed by atoms with Crippen LogP contribution in [-0.2, 0) is 19.2 Å². The van der Waals surface area contributed by atoms with Crippen molar-refractivity contribution in [3.63, 3.8) is 0 Å². The SMILES string of the molecule is C[C@@H]1[C@H](NC(=O)/C(=N\OC2(C(=O)O)CCC2)c2csc(N)n2)C(=O)N1c1nn[nH]n1. The number of nitrogens with two attached hydrogens (primary N) is 1. The van der Waals surface area contributed by atoms with E-state index in [-0.39, 0.29) is 35.3 Å². The second-order valence-electron chi connectivity index (χ2n) is 6.87. The smallest absolute Gasteiger partial charge is 0.350 e. The Kier molecular flexibility index (Phi) is 4.81. The van der Waals surface area contributed by atoms with Crippen LogP contribution in [0.2, 0.25) is 0 Å². The molecule has 1 saturated heterocycles. The first-order valence-electron chi connectivity index (χ1n) is 8.91. The van der Waals surface area contributed by atoms with Gasteiger partial charge in [0.2, 0.25) is 5.60 Å². The number of anilines is 2. The molecule has 2 atom stereocenters. The number of β-lactam (4-membered cyclic amide) rings is 1. The first-order valence-corrected chi connectivity index (χ1v) is 9.79. The van der Waals surface area contributed by atoms with E-state index in [1.807, 2.05) is 0 Å². The number of carbonyl (C=O) groups is 3. The molecule has 2 amide bonds. The molecular formula is C15H17N9O5S. The first-order chi connectivity index (χ1) is 14.3. The summed E-state index contributed by atoms with van der Waals surface area (Å²) in [5, 5.41) is 30.6. The standard InChI is InChI=1S/C15H17N9O5S/c1-6-8(11(26)24(6)14-19-22-23-20-14)18-10(25)9(7-5-30-13(16)17-7)21-29-15(12(27)28)3-2-4-15/h5-6,8H,2-4H2,1H3,(H2,16,17)(H,18,25)(H,27,28)(H,19,20,22,23)/b21-9-/t6-,8+/m1/s1. The molecule has 4 rings (SSSR count). The highest BCUT2D eigenvalue weighted by atomic mass is 32.1. The van der Waals surface area contributed by atoms with E-state index >= 15 is 0 Å². The number of thiazole rings is 1. The number of carboxylic acid groups (broad SMARTS) is 1. The fraction of sp³-hybridized carbons (Fsp3) is 0.467. The van der Waals surface area contributed by atoms with Gasteiger partial charge in [0, 0.05) is 18.2 Å². The summed E-state index contributed by atoms with van der Waals surface area (Å²) in [5.41, 5.74) is 4.02. The molecule has 2 aliphatic rings. The van der Waals surface area contributed by atoms with E-state index in [1.165, 1.54) is 10.3 Å². The highest BCUT2D eigenvalue weighted by Gasteiger charge is 2.50. The van der Waals surface area contributed by atoms with Gasteiger partial charge in [-0.05, 0) is 18.6 Å². The lowest BCUT2D eigenvalue weighted by atomic mass is 9.80. The van der Waals surface area contributed by atoms with Crippen molar-refractivity contribution < 1.29 is 24.3 Å². The van der Waals surface area contributed by atoms with Crippen LogP contribution in [0, 0.1) is 0 Å². The maximum atomic E-state index is 12.9. The molecule has 0 spiro atoms. The van der Waals surface area contributed by atoms with Crippen LogP contribution in [0.1, 0.15) is 31.9 Å². The molecule has 3 heterocycles. The van der Waals surface area contributed by atoms with Gasteiger partial charge in [-0.15, -0.1) is 16.4 Å². The van der Waals surface area contributed by atoms with Crippen molar-refractivity contribution in [1.82, 2.24) is 30.9 Å². The highest BCUT2D eigenvalue weighted by Crippen LogP contribution is 2.36. The van der Waals surface area contributed by atoms with E-state index in [9.17, 15) is 19.5 Å². The Hall–Kier alpha value is -3.62. The van der Waals surface area contributed by atoms with Gasteiger partial charge in [-0.2, -0.15) is 5.21 Å². The Morgan fingerprint density at radius 1 is 1.50 bits per heavy atom. The van der Waals surface area contributed by atoms with E-state index in [1.54, 1.807) is 6.92 Å². The van der Waals surface area contributed by atoms with Gasteiger partial charge in [-0.1, -0.05) is 10.3 Å². The van der Waals surface area contributed by atoms with Gasteiger partial charge < -0.3 is 21.0 Å². The number of carbonyl (C=O) groups excluding carboxylic acids is 2. The number of aromatic nitrogens is 5. The van der Waals surface area contributed by atoms with Crippen molar-refractivity contribution in [2.75, 3.05) is 10.6 Å². The second kappa shape index (κ2) is 7.33. The molecule has 0 aromatic carbocycles. The van der Waals surface area contributed by atoms with Gasteiger partial charge >= 0.3 is 5.97 Å². The van der Waals surface area contributed by atoms with Gasteiger partial charge in [0.05, 0.1) is 6.04 Å². The Morgan fingerprint density at radius 2 is 2.27 bits per heavy atom. The van der Waals surface area contributed by atoms with E-state index in [0.29, 0.717) is 6.42 Å². The fourth-order valence-electron chi connectivity index (χ4n) is 3.13. The van der Waals surface area contributed by atoms with Gasteiger partial charge in [0.1, 0.15) is 11.7 Å². The minimum absolute atomic E-state index is 0.0934. The third kappa shape index (κ3) is 3.22. The maximum Gasteiger partial charge on any atom is 0.350 e. The topological polar surface area (TPSA) is 202 Å². The molecule has 0 radical (unpaired) electrons. The Balaban J connectivity index is 1.53. The quantitative estimate of drug-likeness (QED) is 0.234.